The fourth-order valence-electron chi connectivity index (χ4n) is 3.41. The summed E-state index contributed by atoms with van der Waals surface area (Å²) in [4.78, 5) is 1.39. The molecule has 0 saturated carbocycles. The minimum Gasteiger partial charge on any atom is -0.309 e. The Labute approximate surface area is 135 Å². The lowest BCUT2D eigenvalue weighted by atomic mass is 9.77. The van der Waals surface area contributed by atoms with Gasteiger partial charge in [0, 0.05) is 28.4 Å². The molecule has 2 aliphatic rings. The largest absolute Gasteiger partial charge is 0.309 e. The van der Waals surface area contributed by atoms with Crippen LogP contribution in [0.4, 0.5) is 0 Å². The van der Waals surface area contributed by atoms with Crippen LogP contribution in [0.2, 0.25) is 5.02 Å². The Kier molecular flexibility index (Phi) is 3.70. The molecular formula is C18H18ClNS. The fraction of sp³-hybridized carbons (Fsp3) is 0.333. The molecule has 0 amide bonds. The van der Waals surface area contributed by atoms with Crippen LogP contribution < -0.4 is 5.32 Å². The number of halogens is 1. The van der Waals surface area contributed by atoms with Gasteiger partial charge in [0.1, 0.15) is 0 Å². The molecule has 2 unspecified atom stereocenters. The molecule has 0 aromatic heterocycles. The summed E-state index contributed by atoms with van der Waals surface area (Å²) in [5, 5.41) is 4.62. The van der Waals surface area contributed by atoms with Gasteiger partial charge < -0.3 is 5.32 Å². The van der Waals surface area contributed by atoms with Gasteiger partial charge in [-0.25, -0.2) is 0 Å². The van der Waals surface area contributed by atoms with Gasteiger partial charge in [-0.1, -0.05) is 35.9 Å². The molecule has 2 aromatic rings. The van der Waals surface area contributed by atoms with Crippen molar-refractivity contribution >= 4 is 23.4 Å². The van der Waals surface area contributed by atoms with E-state index in [4.69, 9.17) is 11.6 Å². The number of hydrogen-bond donors (Lipinski definition) is 1. The molecule has 1 N–H and O–H groups in total. The Morgan fingerprint density at radius 1 is 1.14 bits per heavy atom. The van der Waals surface area contributed by atoms with Crippen molar-refractivity contribution in [3.8, 4) is 0 Å². The predicted octanol–water partition coefficient (Wildman–Crippen LogP) is 4.81. The van der Waals surface area contributed by atoms with Gasteiger partial charge in [-0.15, -0.1) is 11.8 Å². The van der Waals surface area contributed by atoms with Crippen LogP contribution in [0, 0.1) is 0 Å². The lowest BCUT2D eigenvalue weighted by Gasteiger charge is -2.33. The van der Waals surface area contributed by atoms with Crippen molar-refractivity contribution in [2.75, 3.05) is 12.3 Å². The molecular weight excluding hydrogens is 298 g/mol. The van der Waals surface area contributed by atoms with Gasteiger partial charge in [0.05, 0.1) is 0 Å². The first-order chi connectivity index (χ1) is 10.3. The maximum absolute atomic E-state index is 6.17. The third kappa shape index (κ3) is 2.61. The first kappa shape index (κ1) is 13.7. The van der Waals surface area contributed by atoms with Crippen LogP contribution in [0.15, 0.2) is 47.4 Å². The van der Waals surface area contributed by atoms with Crippen molar-refractivity contribution in [3.05, 3.63) is 64.2 Å². The van der Waals surface area contributed by atoms with Crippen LogP contribution in [0.1, 0.15) is 35.1 Å². The molecule has 2 aromatic carbocycles. The lowest BCUT2D eigenvalue weighted by molar-refractivity contribution is 0.456. The van der Waals surface area contributed by atoms with Gasteiger partial charge >= 0.3 is 0 Å². The van der Waals surface area contributed by atoms with Crippen molar-refractivity contribution in [1.82, 2.24) is 5.32 Å². The summed E-state index contributed by atoms with van der Waals surface area (Å²) in [5.41, 5.74) is 4.43. The highest BCUT2D eigenvalue weighted by molar-refractivity contribution is 7.99. The molecule has 0 saturated heterocycles. The molecule has 0 spiro atoms. The molecule has 21 heavy (non-hydrogen) atoms. The molecule has 1 aliphatic carbocycles. The average Bonchev–Trinajstić information content (AvgIpc) is 2.48. The topological polar surface area (TPSA) is 12.0 Å². The number of nitrogens with one attached hydrogen (secondary N) is 1. The van der Waals surface area contributed by atoms with Gasteiger partial charge in [0.25, 0.3) is 0 Å². The standard InChI is InChI=1S/C18H18ClNS/c19-14-5-6-18-16(10-14)17(7-8-21-18)20-11-13-9-12-3-1-2-4-15(12)13/h1-6,10,13,17,20H,7-9,11H2. The van der Waals surface area contributed by atoms with Crippen molar-refractivity contribution in [1.29, 1.82) is 0 Å². The van der Waals surface area contributed by atoms with Crippen LogP contribution in [0.5, 0.6) is 0 Å². The van der Waals surface area contributed by atoms with Crippen LogP contribution in [-0.4, -0.2) is 12.3 Å². The quantitative estimate of drug-likeness (QED) is 0.872. The van der Waals surface area contributed by atoms with Crippen molar-refractivity contribution < 1.29 is 0 Å². The second-order valence-electron chi connectivity index (χ2n) is 5.88. The normalized spacial score (nSPS) is 23.1. The third-order valence-electron chi connectivity index (χ3n) is 4.58. The van der Waals surface area contributed by atoms with Gasteiger partial charge in [-0.3, -0.25) is 0 Å². The maximum Gasteiger partial charge on any atom is 0.0410 e. The second kappa shape index (κ2) is 5.68. The molecule has 1 nitrogen and oxygen atoms in total. The second-order valence-corrected chi connectivity index (χ2v) is 7.45. The summed E-state index contributed by atoms with van der Waals surface area (Å²) >= 11 is 8.12. The number of hydrogen-bond acceptors (Lipinski definition) is 2. The summed E-state index contributed by atoms with van der Waals surface area (Å²) in [6.45, 7) is 1.07. The Hall–Kier alpha value is -0.960. The lowest BCUT2D eigenvalue weighted by Crippen LogP contribution is -2.33. The number of benzene rings is 2. The van der Waals surface area contributed by atoms with Crippen LogP contribution in [-0.2, 0) is 6.42 Å². The van der Waals surface area contributed by atoms with E-state index in [1.165, 1.54) is 40.2 Å². The van der Waals surface area contributed by atoms with E-state index in [-0.39, 0.29) is 0 Å². The summed E-state index contributed by atoms with van der Waals surface area (Å²) in [7, 11) is 0. The highest BCUT2D eigenvalue weighted by Crippen LogP contribution is 2.39. The molecule has 0 radical (unpaired) electrons. The average molecular weight is 316 g/mol. The van der Waals surface area contributed by atoms with E-state index in [2.05, 4.69) is 41.7 Å². The predicted molar refractivity (Wildman–Crippen MR) is 90.4 cm³/mol. The Morgan fingerprint density at radius 2 is 2.05 bits per heavy atom. The van der Waals surface area contributed by atoms with Crippen molar-refractivity contribution in [2.45, 2.75) is 29.7 Å². The van der Waals surface area contributed by atoms with Gasteiger partial charge in [0.2, 0.25) is 0 Å². The molecule has 1 heterocycles. The first-order valence-corrected chi connectivity index (χ1v) is 8.91. The molecule has 3 heteroatoms. The Balaban J connectivity index is 1.47. The van der Waals surface area contributed by atoms with Gasteiger partial charge in [-0.2, -0.15) is 0 Å². The molecule has 108 valence electrons. The zero-order valence-electron chi connectivity index (χ0n) is 11.8. The van der Waals surface area contributed by atoms with E-state index in [0.717, 1.165) is 11.6 Å². The maximum atomic E-state index is 6.17. The SMILES string of the molecule is Clc1ccc2c(c1)C(NCC1Cc3ccccc31)CCS2. The van der Waals surface area contributed by atoms with Crippen LogP contribution in [0.25, 0.3) is 0 Å². The fourth-order valence-corrected chi connectivity index (χ4v) is 4.69. The minimum absolute atomic E-state index is 0.452. The molecule has 2 atom stereocenters. The summed E-state index contributed by atoms with van der Waals surface area (Å²) in [6.07, 6.45) is 2.40. The molecule has 0 fully saturated rings. The van der Waals surface area contributed by atoms with Crippen LogP contribution in [0.3, 0.4) is 0 Å². The minimum atomic E-state index is 0.452. The first-order valence-electron chi connectivity index (χ1n) is 7.55. The zero-order chi connectivity index (χ0) is 14.2. The Bertz CT molecular complexity index is 670. The van der Waals surface area contributed by atoms with E-state index in [9.17, 15) is 0 Å². The van der Waals surface area contributed by atoms with Crippen molar-refractivity contribution in [3.63, 3.8) is 0 Å². The Morgan fingerprint density at radius 3 is 2.95 bits per heavy atom. The summed E-state index contributed by atoms with van der Waals surface area (Å²) < 4.78 is 0. The van der Waals surface area contributed by atoms with E-state index < -0.39 is 0 Å². The third-order valence-corrected chi connectivity index (χ3v) is 5.94. The van der Waals surface area contributed by atoms with Gasteiger partial charge in [0.15, 0.2) is 0 Å². The van der Waals surface area contributed by atoms with E-state index in [1.54, 1.807) is 0 Å². The number of rotatable bonds is 3. The highest BCUT2D eigenvalue weighted by Gasteiger charge is 2.27. The number of thioether (sulfide) groups is 1. The van der Waals surface area contributed by atoms with Crippen LogP contribution >= 0.6 is 23.4 Å². The number of fused-ring (bicyclic) bond motifs is 2. The zero-order valence-corrected chi connectivity index (χ0v) is 13.4. The van der Waals surface area contributed by atoms with E-state index in [1.807, 2.05) is 17.8 Å². The molecule has 1 aliphatic heterocycles. The summed E-state index contributed by atoms with van der Waals surface area (Å²) in [5.74, 6) is 1.87. The van der Waals surface area contributed by atoms with Gasteiger partial charge in [-0.05, 0) is 53.5 Å². The van der Waals surface area contributed by atoms with E-state index in [0.29, 0.717) is 12.0 Å². The smallest absolute Gasteiger partial charge is 0.0410 e. The molecule has 4 rings (SSSR count). The summed E-state index contributed by atoms with van der Waals surface area (Å²) in [6, 6.07) is 15.6. The highest BCUT2D eigenvalue weighted by atomic mass is 35.5. The molecule has 0 bridgehead atoms. The monoisotopic (exact) mass is 315 g/mol. The van der Waals surface area contributed by atoms with E-state index >= 15 is 0 Å². The van der Waals surface area contributed by atoms with Crippen molar-refractivity contribution in [2.24, 2.45) is 0 Å².